The van der Waals surface area contributed by atoms with Gasteiger partial charge in [0.05, 0.1) is 12.2 Å². The SMILES string of the molecule is C[C@@H](O)C[C@H](O)C(C)(C)N. The predicted molar refractivity (Wildman–Crippen MR) is 40.6 cm³/mol. The van der Waals surface area contributed by atoms with Crippen molar-refractivity contribution in [3.05, 3.63) is 0 Å². The van der Waals surface area contributed by atoms with Gasteiger partial charge in [0, 0.05) is 12.0 Å². The first-order valence-electron chi connectivity index (χ1n) is 3.49. The Kier molecular flexibility index (Phi) is 3.28. The average Bonchev–Trinajstić information content (AvgIpc) is 1.60. The van der Waals surface area contributed by atoms with E-state index in [9.17, 15) is 5.11 Å². The maximum atomic E-state index is 9.27. The van der Waals surface area contributed by atoms with Crippen LogP contribution < -0.4 is 5.73 Å². The topological polar surface area (TPSA) is 66.5 Å². The van der Waals surface area contributed by atoms with E-state index in [1.165, 1.54) is 0 Å². The minimum atomic E-state index is -0.632. The van der Waals surface area contributed by atoms with Gasteiger partial charge >= 0.3 is 0 Å². The van der Waals surface area contributed by atoms with Crippen LogP contribution in [0.15, 0.2) is 0 Å². The van der Waals surface area contributed by atoms with Gasteiger partial charge in [-0.2, -0.15) is 0 Å². The molecule has 0 heterocycles. The first-order chi connectivity index (χ1) is 4.34. The molecule has 0 rings (SSSR count). The van der Waals surface area contributed by atoms with E-state index in [1.54, 1.807) is 20.8 Å². The van der Waals surface area contributed by atoms with Crippen molar-refractivity contribution in [3.8, 4) is 0 Å². The van der Waals surface area contributed by atoms with Gasteiger partial charge in [0.25, 0.3) is 0 Å². The molecule has 0 saturated heterocycles. The molecule has 0 radical (unpaired) electrons. The maximum absolute atomic E-state index is 9.27. The van der Waals surface area contributed by atoms with E-state index in [-0.39, 0.29) is 0 Å². The minimum Gasteiger partial charge on any atom is -0.393 e. The van der Waals surface area contributed by atoms with Crippen molar-refractivity contribution in [2.75, 3.05) is 0 Å². The molecule has 0 fully saturated rings. The molecule has 0 aromatic carbocycles. The molecule has 4 N–H and O–H groups in total. The lowest BCUT2D eigenvalue weighted by Gasteiger charge is -2.26. The molecule has 10 heavy (non-hydrogen) atoms. The molecule has 62 valence electrons. The third-order valence-electron chi connectivity index (χ3n) is 1.42. The van der Waals surface area contributed by atoms with Crippen LogP contribution in [0, 0.1) is 0 Å². The van der Waals surface area contributed by atoms with Gasteiger partial charge in [0.15, 0.2) is 0 Å². The second-order valence-electron chi connectivity index (χ2n) is 3.42. The molecule has 2 atom stereocenters. The Labute approximate surface area is 61.9 Å². The fourth-order valence-electron chi connectivity index (χ4n) is 0.627. The van der Waals surface area contributed by atoms with Crippen LogP contribution in [0.2, 0.25) is 0 Å². The summed E-state index contributed by atoms with van der Waals surface area (Å²) >= 11 is 0. The normalized spacial score (nSPS) is 18.6. The van der Waals surface area contributed by atoms with Crippen LogP contribution in [0.25, 0.3) is 0 Å². The molecule has 0 aliphatic rings. The fraction of sp³-hybridized carbons (Fsp3) is 1.00. The van der Waals surface area contributed by atoms with Crippen molar-refractivity contribution in [3.63, 3.8) is 0 Å². The summed E-state index contributed by atoms with van der Waals surface area (Å²) in [6.07, 6.45) is -0.783. The van der Waals surface area contributed by atoms with E-state index in [2.05, 4.69) is 0 Å². The second-order valence-corrected chi connectivity index (χ2v) is 3.42. The molecule has 0 spiro atoms. The summed E-state index contributed by atoms with van der Waals surface area (Å²) in [6.45, 7) is 5.11. The average molecular weight is 147 g/mol. The van der Waals surface area contributed by atoms with Gasteiger partial charge in [0.1, 0.15) is 0 Å². The second kappa shape index (κ2) is 3.32. The van der Waals surface area contributed by atoms with Crippen LogP contribution in [0.4, 0.5) is 0 Å². The summed E-state index contributed by atoms with van der Waals surface area (Å²) < 4.78 is 0. The molecular formula is C7H17NO2. The van der Waals surface area contributed by atoms with Crippen LogP contribution in [0.5, 0.6) is 0 Å². The number of aliphatic hydroxyl groups is 2. The number of hydrogen-bond acceptors (Lipinski definition) is 3. The maximum Gasteiger partial charge on any atom is 0.0738 e. The van der Waals surface area contributed by atoms with Crippen molar-refractivity contribution in [1.82, 2.24) is 0 Å². The molecule has 0 amide bonds. The Bertz CT molecular complexity index is 96.3. The lowest BCUT2D eigenvalue weighted by molar-refractivity contribution is 0.0480. The van der Waals surface area contributed by atoms with Crippen LogP contribution in [-0.4, -0.2) is 28.0 Å². The van der Waals surface area contributed by atoms with E-state index in [1.807, 2.05) is 0 Å². The number of aliphatic hydroxyl groups excluding tert-OH is 2. The van der Waals surface area contributed by atoms with Gasteiger partial charge in [-0.15, -0.1) is 0 Å². The van der Waals surface area contributed by atoms with Gasteiger partial charge < -0.3 is 15.9 Å². The number of nitrogens with two attached hydrogens (primary N) is 1. The molecule has 0 bridgehead atoms. The van der Waals surface area contributed by atoms with Crippen molar-refractivity contribution >= 4 is 0 Å². The van der Waals surface area contributed by atoms with Crippen LogP contribution >= 0.6 is 0 Å². The lowest BCUT2D eigenvalue weighted by Crippen LogP contribution is -2.46. The molecular weight excluding hydrogens is 130 g/mol. The standard InChI is InChI=1S/C7H17NO2/c1-5(9)4-6(10)7(2,3)8/h5-6,9-10H,4,8H2,1-3H3/t5-,6+/m1/s1. The Balaban J connectivity index is 3.73. The minimum absolute atomic E-state index is 0.337. The summed E-state index contributed by atoms with van der Waals surface area (Å²) in [6, 6.07) is 0. The van der Waals surface area contributed by atoms with Crippen LogP contribution in [0.3, 0.4) is 0 Å². The Hall–Kier alpha value is -0.120. The molecule has 0 aliphatic carbocycles. The highest BCUT2D eigenvalue weighted by Gasteiger charge is 2.23. The van der Waals surface area contributed by atoms with Gasteiger partial charge in [-0.3, -0.25) is 0 Å². The molecule has 0 aromatic rings. The summed E-state index contributed by atoms with van der Waals surface area (Å²) in [5, 5.41) is 18.1. The Morgan fingerprint density at radius 1 is 1.40 bits per heavy atom. The number of hydrogen-bond donors (Lipinski definition) is 3. The fourth-order valence-corrected chi connectivity index (χ4v) is 0.627. The van der Waals surface area contributed by atoms with Crippen LogP contribution in [0.1, 0.15) is 27.2 Å². The zero-order valence-electron chi connectivity index (χ0n) is 6.83. The van der Waals surface area contributed by atoms with Crippen molar-refractivity contribution in [2.45, 2.75) is 44.9 Å². The first kappa shape index (κ1) is 9.88. The largest absolute Gasteiger partial charge is 0.393 e. The van der Waals surface area contributed by atoms with Crippen molar-refractivity contribution < 1.29 is 10.2 Å². The van der Waals surface area contributed by atoms with Gasteiger partial charge in [-0.25, -0.2) is 0 Å². The summed E-state index contributed by atoms with van der Waals surface area (Å²) in [5.41, 5.74) is 4.95. The van der Waals surface area contributed by atoms with Crippen molar-refractivity contribution in [2.24, 2.45) is 5.73 Å². The van der Waals surface area contributed by atoms with E-state index < -0.39 is 17.7 Å². The van der Waals surface area contributed by atoms with E-state index in [0.29, 0.717) is 6.42 Å². The smallest absolute Gasteiger partial charge is 0.0738 e. The van der Waals surface area contributed by atoms with Crippen LogP contribution in [-0.2, 0) is 0 Å². The monoisotopic (exact) mass is 147 g/mol. The van der Waals surface area contributed by atoms with E-state index in [4.69, 9.17) is 10.8 Å². The molecule has 0 aromatic heterocycles. The van der Waals surface area contributed by atoms with E-state index >= 15 is 0 Å². The zero-order chi connectivity index (χ0) is 8.36. The lowest BCUT2D eigenvalue weighted by atomic mass is 9.94. The molecule has 3 nitrogen and oxygen atoms in total. The summed E-state index contributed by atoms with van der Waals surface area (Å²) in [7, 11) is 0. The first-order valence-corrected chi connectivity index (χ1v) is 3.49. The zero-order valence-corrected chi connectivity index (χ0v) is 6.83. The molecule has 3 heteroatoms. The third-order valence-corrected chi connectivity index (χ3v) is 1.42. The Morgan fingerprint density at radius 2 is 1.80 bits per heavy atom. The third kappa shape index (κ3) is 3.82. The van der Waals surface area contributed by atoms with Gasteiger partial charge in [0.2, 0.25) is 0 Å². The highest BCUT2D eigenvalue weighted by molar-refractivity contribution is 4.82. The highest BCUT2D eigenvalue weighted by Crippen LogP contribution is 2.10. The van der Waals surface area contributed by atoms with Crippen molar-refractivity contribution in [1.29, 1.82) is 0 Å². The highest BCUT2D eigenvalue weighted by atomic mass is 16.3. The molecule has 0 unspecified atom stereocenters. The quantitative estimate of drug-likeness (QED) is 0.520. The van der Waals surface area contributed by atoms with Gasteiger partial charge in [-0.1, -0.05) is 0 Å². The number of rotatable bonds is 3. The summed E-state index contributed by atoms with van der Waals surface area (Å²) in [5.74, 6) is 0. The molecule has 0 aliphatic heterocycles. The van der Waals surface area contributed by atoms with Gasteiger partial charge in [-0.05, 0) is 20.8 Å². The summed E-state index contributed by atoms with van der Waals surface area (Å²) in [4.78, 5) is 0. The molecule has 0 saturated carbocycles. The van der Waals surface area contributed by atoms with E-state index in [0.717, 1.165) is 0 Å². The Morgan fingerprint density at radius 3 is 1.90 bits per heavy atom. The predicted octanol–water partition coefficient (Wildman–Crippen LogP) is -0.144.